The molecule has 0 aliphatic carbocycles. The summed E-state index contributed by atoms with van der Waals surface area (Å²) in [6.07, 6.45) is 1.93. The van der Waals surface area contributed by atoms with E-state index < -0.39 is 0 Å². The molecule has 1 aliphatic heterocycles. The maximum atomic E-state index is 4.59. The van der Waals surface area contributed by atoms with E-state index in [0.717, 1.165) is 31.9 Å². The molecule has 0 atom stereocenters. The topological polar surface area (TPSA) is 19.4 Å². The van der Waals surface area contributed by atoms with Crippen LogP contribution in [-0.2, 0) is 0 Å². The van der Waals surface area contributed by atoms with Crippen molar-refractivity contribution in [1.29, 1.82) is 0 Å². The van der Waals surface area contributed by atoms with Crippen LogP contribution in [0.25, 0.3) is 22.0 Å². The first-order valence-corrected chi connectivity index (χ1v) is 8.18. The molecular formula is C20H21N3. The fourth-order valence-corrected chi connectivity index (χ4v) is 3.19. The van der Waals surface area contributed by atoms with E-state index in [1.807, 2.05) is 6.20 Å². The number of aromatic nitrogens is 1. The van der Waals surface area contributed by atoms with Gasteiger partial charge in [-0.25, -0.2) is 0 Å². The Morgan fingerprint density at radius 1 is 0.826 bits per heavy atom. The van der Waals surface area contributed by atoms with Crippen molar-refractivity contribution in [2.45, 2.75) is 0 Å². The summed E-state index contributed by atoms with van der Waals surface area (Å²) in [5.41, 5.74) is 3.50. The number of piperazine rings is 1. The van der Waals surface area contributed by atoms with Crippen LogP contribution in [0.15, 0.2) is 60.8 Å². The van der Waals surface area contributed by atoms with E-state index in [1.54, 1.807) is 0 Å². The van der Waals surface area contributed by atoms with Crippen LogP contribution in [0.2, 0.25) is 0 Å². The van der Waals surface area contributed by atoms with Crippen LogP contribution in [0.4, 0.5) is 5.69 Å². The number of likely N-dealkylation sites (N-methyl/N-ethyl adjacent to an activating group) is 1. The van der Waals surface area contributed by atoms with E-state index in [-0.39, 0.29) is 0 Å². The Morgan fingerprint density at radius 3 is 2.43 bits per heavy atom. The van der Waals surface area contributed by atoms with Gasteiger partial charge in [-0.1, -0.05) is 36.4 Å². The minimum atomic E-state index is 1.05. The summed E-state index contributed by atoms with van der Waals surface area (Å²) in [5.74, 6) is 0. The van der Waals surface area contributed by atoms with E-state index in [2.05, 4.69) is 76.4 Å². The molecule has 116 valence electrons. The molecule has 1 aliphatic rings. The summed E-state index contributed by atoms with van der Waals surface area (Å²) < 4.78 is 0. The zero-order valence-electron chi connectivity index (χ0n) is 13.4. The number of hydrogen-bond donors (Lipinski definition) is 0. The molecule has 23 heavy (non-hydrogen) atoms. The van der Waals surface area contributed by atoms with Crippen LogP contribution < -0.4 is 4.90 Å². The Balaban J connectivity index is 1.67. The molecule has 4 rings (SSSR count). The van der Waals surface area contributed by atoms with Crippen molar-refractivity contribution >= 4 is 16.5 Å². The maximum absolute atomic E-state index is 4.59. The summed E-state index contributed by atoms with van der Waals surface area (Å²) in [7, 11) is 2.18. The normalized spacial score (nSPS) is 16.0. The van der Waals surface area contributed by atoms with Crippen molar-refractivity contribution in [3.05, 3.63) is 60.8 Å². The fourth-order valence-electron chi connectivity index (χ4n) is 3.19. The number of nitrogens with zero attached hydrogens (tertiary/aromatic N) is 3. The lowest BCUT2D eigenvalue weighted by atomic mass is 10.0. The molecule has 1 fully saturated rings. The molecule has 2 aromatic carbocycles. The number of benzene rings is 2. The second-order valence-corrected chi connectivity index (χ2v) is 6.25. The molecular weight excluding hydrogens is 282 g/mol. The van der Waals surface area contributed by atoms with Gasteiger partial charge in [-0.3, -0.25) is 4.98 Å². The van der Waals surface area contributed by atoms with Gasteiger partial charge in [0.2, 0.25) is 0 Å². The molecule has 3 nitrogen and oxygen atoms in total. The molecule has 0 unspecified atom stereocenters. The Labute approximate surface area is 137 Å². The highest BCUT2D eigenvalue weighted by molar-refractivity contribution is 5.87. The fraction of sp³-hybridized carbons (Fsp3) is 0.250. The lowest BCUT2D eigenvalue weighted by molar-refractivity contribution is 0.313. The second kappa shape index (κ2) is 6.01. The second-order valence-electron chi connectivity index (χ2n) is 6.25. The Kier molecular flexibility index (Phi) is 3.72. The van der Waals surface area contributed by atoms with E-state index >= 15 is 0 Å². The molecule has 1 saturated heterocycles. The third-order valence-corrected chi connectivity index (χ3v) is 4.66. The lowest BCUT2D eigenvalue weighted by Crippen LogP contribution is -2.44. The molecule has 0 spiro atoms. The third-order valence-electron chi connectivity index (χ3n) is 4.66. The van der Waals surface area contributed by atoms with Gasteiger partial charge < -0.3 is 9.80 Å². The molecule has 3 aromatic rings. The summed E-state index contributed by atoms with van der Waals surface area (Å²) >= 11 is 0. The predicted octanol–water partition coefficient (Wildman–Crippen LogP) is 3.65. The van der Waals surface area contributed by atoms with Crippen LogP contribution in [0.3, 0.4) is 0 Å². The minimum Gasteiger partial charge on any atom is -0.369 e. The minimum absolute atomic E-state index is 1.05. The first-order valence-electron chi connectivity index (χ1n) is 8.18. The number of fused-ring (bicyclic) bond motifs is 1. The smallest absolute Gasteiger partial charge is 0.0722 e. The SMILES string of the molecule is CN1CCN(c2ccnc(-c3ccc4ccccc4c3)c2)CC1. The van der Waals surface area contributed by atoms with Gasteiger partial charge in [0.1, 0.15) is 0 Å². The van der Waals surface area contributed by atoms with Gasteiger partial charge in [0.25, 0.3) is 0 Å². The van der Waals surface area contributed by atoms with Crippen LogP contribution in [0, 0.1) is 0 Å². The van der Waals surface area contributed by atoms with Crippen LogP contribution in [0.5, 0.6) is 0 Å². The number of pyridine rings is 1. The van der Waals surface area contributed by atoms with Crippen molar-refractivity contribution < 1.29 is 0 Å². The van der Waals surface area contributed by atoms with E-state index in [9.17, 15) is 0 Å². The first kappa shape index (κ1) is 14.2. The highest BCUT2D eigenvalue weighted by atomic mass is 15.2. The van der Waals surface area contributed by atoms with Gasteiger partial charge in [-0.2, -0.15) is 0 Å². The van der Waals surface area contributed by atoms with Gasteiger partial charge in [-0.05, 0) is 36.0 Å². The molecule has 0 bridgehead atoms. The van der Waals surface area contributed by atoms with Gasteiger partial charge in [-0.15, -0.1) is 0 Å². The largest absolute Gasteiger partial charge is 0.369 e. The number of rotatable bonds is 2. The zero-order valence-corrected chi connectivity index (χ0v) is 13.4. The predicted molar refractivity (Wildman–Crippen MR) is 96.9 cm³/mol. The molecule has 1 aromatic heterocycles. The van der Waals surface area contributed by atoms with Gasteiger partial charge in [0.15, 0.2) is 0 Å². The van der Waals surface area contributed by atoms with Crippen LogP contribution in [0.1, 0.15) is 0 Å². The first-order chi connectivity index (χ1) is 11.3. The van der Waals surface area contributed by atoms with Crippen LogP contribution in [-0.4, -0.2) is 43.1 Å². The molecule has 0 N–H and O–H groups in total. The molecule has 0 amide bonds. The average molecular weight is 303 g/mol. The Bertz CT molecular complexity index is 820. The van der Waals surface area contributed by atoms with E-state index in [0.29, 0.717) is 0 Å². The monoisotopic (exact) mass is 303 g/mol. The lowest BCUT2D eigenvalue weighted by Gasteiger charge is -2.34. The molecule has 3 heteroatoms. The van der Waals surface area contributed by atoms with Crippen molar-refractivity contribution in [3.63, 3.8) is 0 Å². The molecule has 0 radical (unpaired) electrons. The summed E-state index contributed by atoms with van der Waals surface area (Å²) in [6, 6.07) is 19.4. The Hall–Kier alpha value is -2.39. The molecule has 2 heterocycles. The van der Waals surface area contributed by atoms with E-state index in [1.165, 1.54) is 22.0 Å². The summed E-state index contributed by atoms with van der Waals surface area (Å²) in [4.78, 5) is 9.42. The highest BCUT2D eigenvalue weighted by Crippen LogP contribution is 2.26. The van der Waals surface area contributed by atoms with Crippen molar-refractivity contribution in [2.75, 3.05) is 38.1 Å². The van der Waals surface area contributed by atoms with Crippen molar-refractivity contribution in [2.24, 2.45) is 0 Å². The average Bonchev–Trinajstić information content (AvgIpc) is 2.62. The van der Waals surface area contributed by atoms with Crippen molar-refractivity contribution in [1.82, 2.24) is 9.88 Å². The maximum Gasteiger partial charge on any atom is 0.0722 e. The number of hydrogen-bond acceptors (Lipinski definition) is 3. The quantitative estimate of drug-likeness (QED) is 0.720. The summed E-state index contributed by atoms with van der Waals surface area (Å²) in [5, 5.41) is 2.53. The van der Waals surface area contributed by atoms with Crippen LogP contribution >= 0.6 is 0 Å². The number of anilines is 1. The standard InChI is InChI=1S/C20H21N3/c1-22-10-12-23(13-11-22)19-8-9-21-20(15-19)18-7-6-16-4-2-3-5-17(16)14-18/h2-9,14-15H,10-13H2,1H3. The molecule has 0 saturated carbocycles. The highest BCUT2D eigenvalue weighted by Gasteiger charge is 2.15. The van der Waals surface area contributed by atoms with Gasteiger partial charge >= 0.3 is 0 Å². The van der Waals surface area contributed by atoms with E-state index in [4.69, 9.17) is 0 Å². The zero-order chi connectivity index (χ0) is 15.6. The van der Waals surface area contributed by atoms with Gasteiger partial charge in [0, 0.05) is 43.6 Å². The van der Waals surface area contributed by atoms with Crippen molar-refractivity contribution in [3.8, 4) is 11.3 Å². The Morgan fingerprint density at radius 2 is 1.61 bits per heavy atom. The third kappa shape index (κ3) is 2.92. The summed E-state index contributed by atoms with van der Waals surface area (Å²) in [6.45, 7) is 4.40. The van der Waals surface area contributed by atoms with Gasteiger partial charge in [0.05, 0.1) is 5.69 Å².